The van der Waals surface area contributed by atoms with Gasteiger partial charge in [0.05, 0.1) is 5.56 Å². The van der Waals surface area contributed by atoms with Gasteiger partial charge in [-0.1, -0.05) is 6.92 Å². The number of hydrogen-bond acceptors (Lipinski definition) is 4. The predicted molar refractivity (Wildman–Crippen MR) is 95.3 cm³/mol. The second kappa shape index (κ2) is 8.00. The Balaban J connectivity index is 1.74. The molecule has 144 valence electrons. The Labute approximate surface area is 156 Å². The molecule has 1 aliphatic rings. The molecule has 1 atom stereocenters. The van der Waals surface area contributed by atoms with Crippen LogP contribution in [-0.2, 0) is 13.0 Å². The molecule has 2 heterocycles. The van der Waals surface area contributed by atoms with Gasteiger partial charge in [-0.05, 0) is 43.7 Å². The van der Waals surface area contributed by atoms with Crippen LogP contribution in [0.4, 0.5) is 8.78 Å². The fraction of sp³-hybridized carbons (Fsp3) is 0.400. The number of piperidine rings is 1. The second-order valence-corrected chi connectivity index (χ2v) is 6.84. The quantitative estimate of drug-likeness (QED) is 0.785. The third kappa shape index (κ3) is 4.24. The third-order valence-electron chi connectivity index (χ3n) is 4.92. The molecule has 1 amide bonds. The summed E-state index contributed by atoms with van der Waals surface area (Å²) in [6.07, 6.45) is 2.02. The molecule has 0 spiro atoms. The molecule has 2 N–H and O–H groups in total. The smallest absolute Gasteiger partial charge is 0.284 e. The van der Waals surface area contributed by atoms with Gasteiger partial charge in [-0.3, -0.25) is 14.5 Å². The van der Waals surface area contributed by atoms with Crippen molar-refractivity contribution in [3.8, 4) is 0 Å². The summed E-state index contributed by atoms with van der Waals surface area (Å²) in [5, 5.41) is 0. The van der Waals surface area contributed by atoms with Crippen LogP contribution in [-0.4, -0.2) is 29.7 Å². The van der Waals surface area contributed by atoms with E-state index in [1.54, 1.807) is 6.07 Å². The normalized spacial score (nSPS) is 17.8. The molecule has 0 bridgehead atoms. The number of aryl methyl sites for hydroxylation is 1. The van der Waals surface area contributed by atoms with Crippen molar-refractivity contribution in [3.05, 3.63) is 58.5 Å². The fourth-order valence-electron chi connectivity index (χ4n) is 3.58. The molecular formula is C20H22F2N2O3. The molecular weight excluding hydrogens is 354 g/mol. The number of rotatable bonds is 6. The van der Waals surface area contributed by atoms with Crippen LogP contribution in [0.1, 0.15) is 52.0 Å². The zero-order valence-electron chi connectivity index (χ0n) is 15.1. The van der Waals surface area contributed by atoms with Gasteiger partial charge in [0, 0.05) is 31.0 Å². The monoisotopic (exact) mass is 376 g/mol. The lowest BCUT2D eigenvalue weighted by Crippen LogP contribution is -2.38. The standard InChI is InChI=1S/C20H22F2N2O3/c1-2-17-13(8-18(27-17)20(23)26)11-24-7-3-4-12(10-24)19(25)15-9-14(21)5-6-16(15)22/h5-6,8-9,12H,2-4,7,10-11H2,1H3,(H2,23,26). The number of furan rings is 1. The van der Waals surface area contributed by atoms with Gasteiger partial charge < -0.3 is 10.2 Å². The molecule has 1 unspecified atom stereocenters. The Kier molecular flexibility index (Phi) is 5.70. The first kappa shape index (κ1) is 19.2. The molecule has 0 aliphatic carbocycles. The number of Topliss-reactive ketones (excluding diaryl/α,β-unsaturated/α-hetero) is 1. The van der Waals surface area contributed by atoms with E-state index in [4.69, 9.17) is 10.2 Å². The summed E-state index contributed by atoms with van der Waals surface area (Å²) in [5.41, 5.74) is 5.94. The van der Waals surface area contributed by atoms with Crippen LogP contribution < -0.4 is 5.73 Å². The Morgan fingerprint density at radius 1 is 1.30 bits per heavy atom. The number of carbonyl (C=O) groups is 2. The summed E-state index contributed by atoms with van der Waals surface area (Å²) in [6, 6.07) is 4.58. The van der Waals surface area contributed by atoms with Gasteiger partial charge in [-0.15, -0.1) is 0 Å². The summed E-state index contributed by atoms with van der Waals surface area (Å²) >= 11 is 0. The number of amides is 1. The van der Waals surface area contributed by atoms with Crippen LogP contribution in [0.5, 0.6) is 0 Å². The Morgan fingerprint density at radius 3 is 2.78 bits per heavy atom. The molecule has 3 rings (SSSR count). The molecule has 1 aliphatic heterocycles. The van der Waals surface area contributed by atoms with E-state index < -0.39 is 23.5 Å². The van der Waals surface area contributed by atoms with E-state index in [1.165, 1.54) is 0 Å². The van der Waals surface area contributed by atoms with Crippen LogP contribution in [0.3, 0.4) is 0 Å². The summed E-state index contributed by atoms with van der Waals surface area (Å²) in [6.45, 7) is 3.64. The van der Waals surface area contributed by atoms with Gasteiger partial charge in [0.1, 0.15) is 17.4 Å². The van der Waals surface area contributed by atoms with E-state index in [-0.39, 0.29) is 17.1 Å². The maximum atomic E-state index is 13.9. The van der Waals surface area contributed by atoms with E-state index in [1.807, 2.05) is 6.92 Å². The summed E-state index contributed by atoms with van der Waals surface area (Å²) in [5.74, 6) is -1.92. The van der Waals surface area contributed by atoms with Gasteiger partial charge in [0.25, 0.3) is 5.91 Å². The van der Waals surface area contributed by atoms with Crippen LogP contribution in [0, 0.1) is 17.6 Å². The van der Waals surface area contributed by atoms with Crippen molar-refractivity contribution in [3.63, 3.8) is 0 Å². The van der Waals surface area contributed by atoms with Crippen LogP contribution in [0.15, 0.2) is 28.7 Å². The minimum absolute atomic E-state index is 0.119. The van der Waals surface area contributed by atoms with Crippen molar-refractivity contribution < 1.29 is 22.8 Å². The van der Waals surface area contributed by atoms with Crippen molar-refractivity contribution >= 4 is 11.7 Å². The van der Waals surface area contributed by atoms with E-state index in [2.05, 4.69) is 4.90 Å². The number of hydrogen-bond donors (Lipinski definition) is 1. The van der Waals surface area contributed by atoms with Gasteiger partial charge in [-0.25, -0.2) is 8.78 Å². The minimum atomic E-state index is -0.701. The zero-order chi connectivity index (χ0) is 19.6. The first-order chi connectivity index (χ1) is 12.9. The molecule has 1 aromatic carbocycles. The van der Waals surface area contributed by atoms with E-state index in [0.29, 0.717) is 31.7 Å². The van der Waals surface area contributed by atoms with E-state index in [0.717, 1.165) is 36.7 Å². The lowest BCUT2D eigenvalue weighted by molar-refractivity contribution is 0.0806. The molecule has 1 saturated heterocycles. The highest BCUT2D eigenvalue weighted by Crippen LogP contribution is 2.26. The highest BCUT2D eigenvalue weighted by atomic mass is 19.1. The molecule has 1 aromatic heterocycles. The summed E-state index contributed by atoms with van der Waals surface area (Å²) < 4.78 is 32.8. The number of halogens is 2. The number of benzene rings is 1. The average molecular weight is 376 g/mol. The molecule has 1 fully saturated rings. The van der Waals surface area contributed by atoms with Crippen molar-refractivity contribution in [2.24, 2.45) is 11.7 Å². The molecule has 2 aromatic rings. The minimum Gasteiger partial charge on any atom is -0.456 e. The van der Waals surface area contributed by atoms with Crippen LogP contribution >= 0.6 is 0 Å². The van der Waals surface area contributed by atoms with Gasteiger partial charge in [0.15, 0.2) is 11.5 Å². The Hall–Kier alpha value is -2.54. The lowest BCUT2D eigenvalue weighted by Gasteiger charge is -2.32. The number of ketones is 1. The SMILES string of the molecule is CCc1oc(C(N)=O)cc1CN1CCCC(C(=O)c2cc(F)ccc2F)C1. The van der Waals surface area contributed by atoms with Crippen molar-refractivity contribution in [2.45, 2.75) is 32.7 Å². The van der Waals surface area contributed by atoms with Crippen molar-refractivity contribution in [1.29, 1.82) is 0 Å². The molecule has 0 radical (unpaired) electrons. The Bertz CT molecular complexity index is 863. The number of nitrogens with zero attached hydrogens (tertiary/aromatic N) is 1. The molecule has 0 saturated carbocycles. The summed E-state index contributed by atoms with van der Waals surface area (Å²) in [4.78, 5) is 26.1. The number of primary amides is 1. The van der Waals surface area contributed by atoms with Crippen LogP contribution in [0.2, 0.25) is 0 Å². The maximum Gasteiger partial charge on any atom is 0.284 e. The number of carbonyl (C=O) groups excluding carboxylic acids is 2. The van der Waals surface area contributed by atoms with Gasteiger partial charge in [0.2, 0.25) is 0 Å². The Morgan fingerprint density at radius 2 is 2.07 bits per heavy atom. The molecule has 5 nitrogen and oxygen atoms in total. The van der Waals surface area contributed by atoms with E-state index >= 15 is 0 Å². The van der Waals surface area contributed by atoms with Crippen molar-refractivity contribution in [1.82, 2.24) is 4.90 Å². The largest absolute Gasteiger partial charge is 0.456 e. The van der Waals surface area contributed by atoms with E-state index in [9.17, 15) is 18.4 Å². The summed E-state index contributed by atoms with van der Waals surface area (Å²) in [7, 11) is 0. The molecule has 7 heteroatoms. The van der Waals surface area contributed by atoms with Gasteiger partial charge >= 0.3 is 0 Å². The first-order valence-electron chi connectivity index (χ1n) is 9.02. The zero-order valence-corrected chi connectivity index (χ0v) is 15.1. The maximum absolute atomic E-state index is 13.9. The predicted octanol–water partition coefficient (Wildman–Crippen LogP) is 3.31. The lowest BCUT2D eigenvalue weighted by atomic mass is 9.89. The third-order valence-corrected chi connectivity index (χ3v) is 4.92. The highest BCUT2D eigenvalue weighted by Gasteiger charge is 2.29. The topological polar surface area (TPSA) is 76.5 Å². The number of nitrogens with two attached hydrogens (primary N) is 1. The second-order valence-electron chi connectivity index (χ2n) is 6.84. The average Bonchev–Trinajstić information content (AvgIpc) is 3.06. The van der Waals surface area contributed by atoms with Crippen LogP contribution in [0.25, 0.3) is 0 Å². The highest BCUT2D eigenvalue weighted by molar-refractivity contribution is 5.98. The van der Waals surface area contributed by atoms with Crippen molar-refractivity contribution in [2.75, 3.05) is 13.1 Å². The molecule has 27 heavy (non-hydrogen) atoms. The van der Waals surface area contributed by atoms with Gasteiger partial charge in [-0.2, -0.15) is 0 Å². The fourth-order valence-corrected chi connectivity index (χ4v) is 3.58. The number of likely N-dealkylation sites (tertiary alicyclic amines) is 1. The first-order valence-corrected chi connectivity index (χ1v) is 9.02.